The van der Waals surface area contributed by atoms with Gasteiger partial charge in [0.2, 0.25) is 5.91 Å². The second kappa shape index (κ2) is 8.35. The molecule has 1 N–H and O–H groups in total. The number of hydrogen-bond acceptors (Lipinski definition) is 6. The second-order valence-electron chi connectivity index (χ2n) is 7.65. The standard InChI is InChI=1S/C21H27N5O4/c1-14-17(11-22-24(14)2)23-20(27)16-12-26(13-16)21(28)15-4-5-19(29-3)18(10-15)25-6-8-30-9-7-25/h4-5,10-11,16H,6-9,12-13H2,1-3H3,(H,23,27). The Bertz CT molecular complexity index is 945. The fourth-order valence-electron chi connectivity index (χ4n) is 3.72. The number of ether oxygens (including phenoxy) is 2. The maximum atomic E-state index is 12.9. The number of likely N-dealkylation sites (tertiary alicyclic amines) is 1. The van der Waals surface area contributed by atoms with Gasteiger partial charge in [0.25, 0.3) is 5.91 Å². The highest BCUT2D eigenvalue weighted by Gasteiger charge is 2.36. The number of aromatic nitrogens is 2. The van der Waals surface area contributed by atoms with E-state index in [4.69, 9.17) is 9.47 Å². The van der Waals surface area contributed by atoms with Gasteiger partial charge < -0.3 is 24.6 Å². The van der Waals surface area contributed by atoms with Crippen molar-refractivity contribution in [2.45, 2.75) is 6.92 Å². The molecule has 30 heavy (non-hydrogen) atoms. The van der Waals surface area contributed by atoms with Crippen LogP contribution >= 0.6 is 0 Å². The smallest absolute Gasteiger partial charge is 0.253 e. The third-order valence-electron chi connectivity index (χ3n) is 5.81. The molecule has 9 nitrogen and oxygen atoms in total. The van der Waals surface area contributed by atoms with Crippen LogP contribution in [0.5, 0.6) is 5.75 Å². The molecule has 1 aromatic heterocycles. The molecule has 0 spiro atoms. The van der Waals surface area contributed by atoms with Crippen LogP contribution in [0.15, 0.2) is 24.4 Å². The summed E-state index contributed by atoms with van der Waals surface area (Å²) in [5, 5.41) is 7.04. The fraction of sp³-hybridized carbons (Fsp3) is 0.476. The highest BCUT2D eigenvalue weighted by molar-refractivity contribution is 5.99. The largest absolute Gasteiger partial charge is 0.495 e. The lowest BCUT2D eigenvalue weighted by atomic mass is 9.97. The number of methoxy groups -OCH3 is 1. The molecule has 0 aliphatic carbocycles. The van der Waals surface area contributed by atoms with E-state index in [1.54, 1.807) is 29.0 Å². The summed E-state index contributed by atoms with van der Waals surface area (Å²) in [5.41, 5.74) is 3.09. The highest BCUT2D eigenvalue weighted by Crippen LogP contribution is 2.31. The van der Waals surface area contributed by atoms with Crippen molar-refractivity contribution in [2.75, 3.05) is 56.7 Å². The van der Waals surface area contributed by atoms with Gasteiger partial charge in [-0.1, -0.05) is 0 Å². The van der Waals surface area contributed by atoms with Crippen molar-refractivity contribution >= 4 is 23.2 Å². The summed E-state index contributed by atoms with van der Waals surface area (Å²) in [6.07, 6.45) is 1.64. The molecule has 0 unspecified atom stereocenters. The minimum atomic E-state index is -0.217. The Morgan fingerprint density at radius 2 is 1.97 bits per heavy atom. The lowest BCUT2D eigenvalue weighted by molar-refractivity contribution is -0.123. The van der Waals surface area contributed by atoms with Crippen LogP contribution in [-0.2, 0) is 16.6 Å². The molecule has 0 radical (unpaired) electrons. The lowest BCUT2D eigenvalue weighted by Crippen LogP contribution is -2.54. The Morgan fingerprint density at radius 3 is 2.60 bits per heavy atom. The van der Waals surface area contributed by atoms with Crippen molar-refractivity contribution < 1.29 is 19.1 Å². The molecule has 160 valence electrons. The zero-order chi connectivity index (χ0) is 21.3. The number of nitrogens with one attached hydrogen (secondary N) is 1. The van der Waals surface area contributed by atoms with E-state index in [0.29, 0.717) is 37.6 Å². The van der Waals surface area contributed by atoms with Crippen LogP contribution in [0.3, 0.4) is 0 Å². The third-order valence-corrected chi connectivity index (χ3v) is 5.81. The maximum absolute atomic E-state index is 12.9. The zero-order valence-corrected chi connectivity index (χ0v) is 17.6. The molecule has 2 fully saturated rings. The molecule has 0 saturated carbocycles. The Hall–Kier alpha value is -3.07. The summed E-state index contributed by atoms with van der Waals surface area (Å²) in [5.74, 6) is 0.360. The van der Waals surface area contributed by atoms with Crippen LogP contribution in [0.25, 0.3) is 0 Å². The van der Waals surface area contributed by atoms with Crippen molar-refractivity contribution in [2.24, 2.45) is 13.0 Å². The van der Waals surface area contributed by atoms with Crippen molar-refractivity contribution in [3.05, 3.63) is 35.7 Å². The number of carbonyl (C=O) groups excluding carboxylic acids is 2. The molecule has 2 aliphatic rings. The first kappa shape index (κ1) is 20.2. The van der Waals surface area contributed by atoms with Crippen LogP contribution in [-0.4, -0.2) is 73.0 Å². The van der Waals surface area contributed by atoms with Gasteiger partial charge in [-0.15, -0.1) is 0 Å². The average molecular weight is 413 g/mol. The minimum Gasteiger partial charge on any atom is -0.495 e. The number of hydrogen-bond donors (Lipinski definition) is 1. The van der Waals surface area contributed by atoms with E-state index < -0.39 is 0 Å². The Morgan fingerprint density at radius 1 is 1.23 bits per heavy atom. The van der Waals surface area contributed by atoms with Crippen LogP contribution in [0.4, 0.5) is 11.4 Å². The molecule has 2 aromatic rings. The van der Waals surface area contributed by atoms with Gasteiger partial charge in [-0.25, -0.2) is 0 Å². The predicted molar refractivity (Wildman–Crippen MR) is 112 cm³/mol. The molecule has 2 amide bonds. The number of morpholine rings is 1. The van der Waals surface area contributed by atoms with Gasteiger partial charge in [0.15, 0.2) is 0 Å². The Balaban J connectivity index is 1.39. The molecule has 0 bridgehead atoms. The molecular weight excluding hydrogens is 386 g/mol. The van der Waals surface area contributed by atoms with Gasteiger partial charge >= 0.3 is 0 Å². The zero-order valence-electron chi connectivity index (χ0n) is 17.6. The Labute approximate surface area is 175 Å². The number of nitrogens with zero attached hydrogens (tertiary/aromatic N) is 4. The number of amides is 2. The summed E-state index contributed by atoms with van der Waals surface area (Å²) < 4.78 is 12.6. The SMILES string of the molecule is COc1ccc(C(=O)N2CC(C(=O)Nc3cnn(C)c3C)C2)cc1N1CCOCC1. The summed E-state index contributed by atoms with van der Waals surface area (Å²) in [7, 11) is 3.46. The van der Waals surface area contributed by atoms with Gasteiger partial charge in [0, 0.05) is 38.8 Å². The van der Waals surface area contributed by atoms with E-state index in [2.05, 4.69) is 15.3 Å². The average Bonchev–Trinajstić information content (AvgIpc) is 3.04. The van der Waals surface area contributed by atoms with Crippen LogP contribution < -0.4 is 15.0 Å². The molecule has 1 aromatic carbocycles. The van der Waals surface area contributed by atoms with Gasteiger partial charge in [-0.05, 0) is 25.1 Å². The number of anilines is 2. The highest BCUT2D eigenvalue weighted by atomic mass is 16.5. The summed E-state index contributed by atoms with van der Waals surface area (Å²) >= 11 is 0. The van der Waals surface area contributed by atoms with E-state index >= 15 is 0 Å². The quantitative estimate of drug-likeness (QED) is 0.795. The molecule has 2 saturated heterocycles. The monoisotopic (exact) mass is 413 g/mol. The maximum Gasteiger partial charge on any atom is 0.253 e. The summed E-state index contributed by atoms with van der Waals surface area (Å²) in [4.78, 5) is 29.3. The molecule has 9 heteroatoms. The number of benzene rings is 1. The first-order valence-electron chi connectivity index (χ1n) is 10.1. The molecule has 0 atom stereocenters. The molecule has 3 heterocycles. The minimum absolute atomic E-state index is 0.0752. The van der Waals surface area contributed by atoms with Gasteiger partial charge in [-0.2, -0.15) is 5.10 Å². The van der Waals surface area contributed by atoms with E-state index in [9.17, 15) is 9.59 Å². The lowest BCUT2D eigenvalue weighted by Gasteiger charge is -2.38. The van der Waals surface area contributed by atoms with Gasteiger partial charge in [-0.3, -0.25) is 14.3 Å². The Kier molecular flexibility index (Phi) is 5.63. The number of rotatable bonds is 5. The number of aryl methyl sites for hydroxylation is 1. The van der Waals surface area contributed by atoms with Crippen LogP contribution in [0.1, 0.15) is 16.1 Å². The number of carbonyl (C=O) groups is 2. The van der Waals surface area contributed by atoms with E-state index in [1.807, 2.05) is 26.1 Å². The van der Waals surface area contributed by atoms with Gasteiger partial charge in [0.1, 0.15) is 5.75 Å². The van der Waals surface area contributed by atoms with Crippen molar-refractivity contribution in [3.63, 3.8) is 0 Å². The van der Waals surface area contributed by atoms with Crippen molar-refractivity contribution in [3.8, 4) is 5.75 Å². The third kappa shape index (κ3) is 3.85. The van der Waals surface area contributed by atoms with E-state index in [-0.39, 0.29) is 17.7 Å². The topological polar surface area (TPSA) is 88.9 Å². The van der Waals surface area contributed by atoms with Crippen molar-refractivity contribution in [1.82, 2.24) is 14.7 Å². The summed E-state index contributed by atoms with van der Waals surface area (Å²) in [6.45, 7) is 5.53. The van der Waals surface area contributed by atoms with E-state index in [1.165, 1.54) is 0 Å². The van der Waals surface area contributed by atoms with Gasteiger partial charge in [0.05, 0.1) is 49.5 Å². The molecule has 2 aliphatic heterocycles. The second-order valence-corrected chi connectivity index (χ2v) is 7.65. The predicted octanol–water partition coefficient (Wildman–Crippen LogP) is 1.28. The molecule has 4 rings (SSSR count). The first-order valence-corrected chi connectivity index (χ1v) is 10.1. The van der Waals surface area contributed by atoms with Crippen molar-refractivity contribution in [1.29, 1.82) is 0 Å². The summed E-state index contributed by atoms with van der Waals surface area (Å²) in [6, 6.07) is 5.48. The fourth-order valence-corrected chi connectivity index (χ4v) is 3.72. The van der Waals surface area contributed by atoms with Crippen LogP contribution in [0, 0.1) is 12.8 Å². The molecular formula is C21H27N5O4. The van der Waals surface area contributed by atoms with Crippen LogP contribution in [0.2, 0.25) is 0 Å². The first-order chi connectivity index (χ1) is 14.5. The van der Waals surface area contributed by atoms with E-state index in [0.717, 1.165) is 30.2 Å². The normalized spacial score (nSPS) is 16.9.